The molecule has 386 valence electrons. The molecule has 6 aromatic rings. The first-order valence-electron chi connectivity index (χ1n) is 29.3. The molecule has 75 heavy (non-hydrogen) atoms. The molecule has 6 aromatic carbocycles. The van der Waals surface area contributed by atoms with Crippen molar-refractivity contribution in [3.05, 3.63) is 138 Å². The lowest BCUT2D eigenvalue weighted by atomic mass is 9.33. The first kappa shape index (κ1) is 47.8. The van der Waals surface area contributed by atoms with Crippen LogP contribution in [0, 0.1) is 17.8 Å². The molecule has 2 atom stereocenters. The molecular formula is C69H82BN5. The van der Waals surface area contributed by atoms with Gasteiger partial charge >= 0.3 is 0 Å². The van der Waals surface area contributed by atoms with E-state index in [9.17, 15) is 0 Å². The highest BCUT2D eigenvalue weighted by Crippen LogP contribution is 2.65. The van der Waals surface area contributed by atoms with Crippen molar-refractivity contribution in [3.63, 3.8) is 0 Å². The number of hydrogen-bond donors (Lipinski definition) is 0. The maximum Gasteiger partial charge on any atom is 0.252 e. The van der Waals surface area contributed by atoms with Gasteiger partial charge in [0.05, 0.1) is 16.9 Å². The van der Waals surface area contributed by atoms with Crippen LogP contribution in [0.25, 0.3) is 0 Å². The summed E-state index contributed by atoms with van der Waals surface area (Å²) in [5.41, 5.74) is 21.6. The van der Waals surface area contributed by atoms with Gasteiger partial charge in [0.1, 0.15) is 5.66 Å². The molecule has 0 amide bonds. The fourth-order valence-corrected chi connectivity index (χ4v) is 18.6. The third-order valence-corrected chi connectivity index (χ3v) is 21.0. The van der Waals surface area contributed by atoms with Gasteiger partial charge in [-0.1, -0.05) is 95.1 Å². The molecule has 0 spiro atoms. The van der Waals surface area contributed by atoms with E-state index >= 15 is 0 Å². The van der Waals surface area contributed by atoms with Crippen molar-refractivity contribution < 1.29 is 0 Å². The lowest BCUT2D eigenvalue weighted by Gasteiger charge is -2.57. The van der Waals surface area contributed by atoms with E-state index < -0.39 is 0 Å². The smallest absolute Gasteiger partial charge is 0.252 e. The van der Waals surface area contributed by atoms with E-state index in [2.05, 4.69) is 236 Å². The van der Waals surface area contributed by atoms with Crippen molar-refractivity contribution in [2.75, 3.05) is 24.5 Å². The average molecular weight is 992 g/mol. The first-order valence-corrected chi connectivity index (χ1v) is 29.3. The molecule has 5 nitrogen and oxygen atoms in total. The van der Waals surface area contributed by atoms with Crippen molar-refractivity contribution in [1.82, 2.24) is 0 Å². The first-order chi connectivity index (χ1) is 35.5. The van der Waals surface area contributed by atoms with Crippen LogP contribution in [0.2, 0.25) is 0 Å². The van der Waals surface area contributed by atoms with Crippen LogP contribution in [-0.2, 0) is 16.2 Å². The maximum atomic E-state index is 2.83. The lowest BCUT2D eigenvalue weighted by molar-refractivity contribution is -0.00514. The van der Waals surface area contributed by atoms with Crippen LogP contribution in [0.3, 0.4) is 0 Å². The predicted octanol–water partition coefficient (Wildman–Crippen LogP) is 16.2. The van der Waals surface area contributed by atoms with Gasteiger partial charge in [0.25, 0.3) is 6.71 Å². The second-order valence-electron chi connectivity index (χ2n) is 29.2. The van der Waals surface area contributed by atoms with Crippen LogP contribution in [0.1, 0.15) is 171 Å². The molecule has 9 aliphatic rings. The summed E-state index contributed by atoms with van der Waals surface area (Å²) in [5.74, 6) is 2.52. The van der Waals surface area contributed by atoms with Crippen molar-refractivity contribution in [3.8, 4) is 0 Å². The van der Waals surface area contributed by atoms with Crippen LogP contribution < -0.4 is 40.9 Å². The van der Waals surface area contributed by atoms with Gasteiger partial charge in [0.15, 0.2) is 0 Å². The molecule has 4 aliphatic heterocycles. The summed E-state index contributed by atoms with van der Waals surface area (Å²) in [6, 6.07) is 49.0. The molecule has 0 N–H and O–H groups in total. The van der Waals surface area contributed by atoms with Gasteiger partial charge in [0, 0.05) is 62.0 Å². The van der Waals surface area contributed by atoms with Crippen LogP contribution in [0.5, 0.6) is 0 Å². The van der Waals surface area contributed by atoms with Crippen molar-refractivity contribution in [2.24, 2.45) is 17.8 Å². The highest BCUT2D eigenvalue weighted by atomic mass is 15.5. The Kier molecular flexibility index (Phi) is 9.90. The fraction of sp³-hybridized carbons (Fsp3) is 0.478. The zero-order valence-electron chi connectivity index (χ0n) is 47.7. The highest BCUT2D eigenvalue weighted by molar-refractivity contribution is 7.00. The van der Waals surface area contributed by atoms with E-state index in [1.807, 2.05) is 0 Å². The molecule has 0 aromatic heterocycles. The Morgan fingerprint density at radius 1 is 0.480 bits per heavy atom. The Labute approximate surface area is 450 Å². The molecule has 5 aliphatic carbocycles. The monoisotopic (exact) mass is 992 g/mol. The molecular weight excluding hydrogens is 910 g/mol. The topological polar surface area (TPSA) is 16.2 Å². The van der Waals surface area contributed by atoms with Gasteiger partial charge in [0.2, 0.25) is 0 Å². The Hall–Kier alpha value is -5.62. The molecule has 6 heteroatoms. The van der Waals surface area contributed by atoms with Crippen LogP contribution in [-0.4, -0.2) is 29.0 Å². The molecule has 0 saturated heterocycles. The van der Waals surface area contributed by atoms with Gasteiger partial charge in [-0.15, -0.1) is 0 Å². The predicted molar refractivity (Wildman–Crippen MR) is 320 cm³/mol. The number of para-hydroxylation sites is 2. The van der Waals surface area contributed by atoms with E-state index in [4.69, 9.17) is 0 Å². The lowest BCUT2D eigenvalue weighted by Crippen LogP contribution is -2.63. The SMILES string of the molecule is CC(C)(C)c1ccc(N2c3cc4c(cc3C3(C)CCCCC23C)B2c3cc5c(cc3N(c3ccccc3)c3cc(C67CC8CC(CC(C8)C6)C7)cc(c32)N4c2ccccc2)N(C(C)(C)C)C(C)(C)N5C(C)(C)C)cc1. The minimum atomic E-state index is -0.284. The third-order valence-electron chi connectivity index (χ3n) is 21.0. The Bertz CT molecular complexity index is 3260. The zero-order chi connectivity index (χ0) is 52.1. The summed E-state index contributed by atoms with van der Waals surface area (Å²) < 4.78 is 0. The maximum absolute atomic E-state index is 2.83. The van der Waals surface area contributed by atoms with E-state index in [0.717, 1.165) is 24.2 Å². The van der Waals surface area contributed by atoms with Crippen LogP contribution in [0.15, 0.2) is 121 Å². The molecule has 0 radical (unpaired) electrons. The van der Waals surface area contributed by atoms with Gasteiger partial charge < -0.3 is 24.5 Å². The molecule has 15 rings (SSSR count). The number of hydrogen-bond acceptors (Lipinski definition) is 5. The quantitative estimate of drug-likeness (QED) is 0.163. The average Bonchev–Trinajstić information content (AvgIpc) is 3.71. The van der Waals surface area contributed by atoms with Gasteiger partial charge in [-0.25, -0.2) is 0 Å². The number of fused-ring (bicyclic) bond motifs is 8. The van der Waals surface area contributed by atoms with Crippen LogP contribution >= 0.6 is 0 Å². The van der Waals surface area contributed by atoms with E-state index in [0.29, 0.717) is 0 Å². The van der Waals surface area contributed by atoms with Crippen molar-refractivity contribution >= 4 is 80.0 Å². The van der Waals surface area contributed by atoms with Crippen LogP contribution in [0.4, 0.5) is 56.9 Å². The highest BCUT2D eigenvalue weighted by Gasteiger charge is 2.60. The second kappa shape index (κ2) is 15.5. The van der Waals surface area contributed by atoms with Crippen molar-refractivity contribution in [2.45, 2.75) is 193 Å². The van der Waals surface area contributed by atoms with Crippen molar-refractivity contribution in [1.29, 1.82) is 0 Å². The Morgan fingerprint density at radius 2 is 0.960 bits per heavy atom. The van der Waals surface area contributed by atoms with Gasteiger partial charge in [-0.3, -0.25) is 0 Å². The minimum absolute atomic E-state index is 0.00752. The molecule has 5 fully saturated rings. The summed E-state index contributed by atoms with van der Waals surface area (Å²) in [5, 5.41) is 0. The largest absolute Gasteiger partial charge is 0.343 e. The summed E-state index contributed by atoms with van der Waals surface area (Å²) in [6.45, 7) is 31.7. The fourth-order valence-electron chi connectivity index (χ4n) is 18.6. The normalized spacial score (nSPS) is 27.8. The Morgan fingerprint density at radius 3 is 1.47 bits per heavy atom. The minimum Gasteiger partial charge on any atom is -0.343 e. The molecule has 2 unspecified atom stereocenters. The third kappa shape index (κ3) is 6.62. The number of rotatable bonds is 4. The molecule has 5 saturated carbocycles. The molecule has 4 bridgehead atoms. The standard InChI is InChI=1S/C69H82BN5/c1-63(2,3)47-26-28-51(29-27-47)73-55-39-56-53(37-52(55)67(12)30-20-21-31-68(67,73)13)70-54-38-58-59(75(65(7,8)9)66(10,11)74(58)64(4,5)6)40-57(54)72(50-24-18-15-19-25-50)61-36-48(69-41-44-32-45(42-69)34-46(33-44)43-69)35-60(62(61)70)71(56)49-22-16-14-17-23-49/h14-19,22-29,35-40,44-46H,20-21,30-34,41-43H2,1-13H3. The molecule has 4 heterocycles. The van der Waals surface area contributed by atoms with E-state index in [-0.39, 0.29) is 45.2 Å². The van der Waals surface area contributed by atoms with E-state index in [1.165, 1.54) is 142 Å². The number of nitrogens with zero attached hydrogens (tertiary/aromatic N) is 5. The summed E-state index contributed by atoms with van der Waals surface area (Å²) >= 11 is 0. The summed E-state index contributed by atoms with van der Waals surface area (Å²) in [6.07, 6.45) is 13.1. The summed E-state index contributed by atoms with van der Waals surface area (Å²) in [4.78, 5) is 13.8. The summed E-state index contributed by atoms with van der Waals surface area (Å²) in [7, 11) is 0. The Balaban J connectivity index is 1.11. The zero-order valence-corrected chi connectivity index (χ0v) is 47.7. The number of benzene rings is 6. The number of anilines is 10. The van der Waals surface area contributed by atoms with Gasteiger partial charge in [-0.05, 0) is 242 Å². The van der Waals surface area contributed by atoms with E-state index in [1.54, 1.807) is 5.56 Å². The van der Waals surface area contributed by atoms with Gasteiger partial charge in [-0.2, -0.15) is 0 Å². The second-order valence-corrected chi connectivity index (χ2v) is 29.2.